The van der Waals surface area contributed by atoms with Crippen LogP contribution in [0.1, 0.15) is 12.8 Å². The molecule has 1 aromatic rings. The summed E-state index contributed by atoms with van der Waals surface area (Å²) in [5, 5.41) is 8.50. The first kappa shape index (κ1) is 14.4. The third-order valence-corrected chi connectivity index (χ3v) is 3.89. The molecule has 1 aliphatic heterocycles. The van der Waals surface area contributed by atoms with Crippen molar-refractivity contribution in [3.8, 4) is 11.5 Å². The van der Waals surface area contributed by atoms with Crippen LogP contribution in [0.25, 0.3) is 0 Å². The lowest BCUT2D eigenvalue weighted by Gasteiger charge is -2.11. The average molecular weight is 301 g/mol. The number of aliphatic carboxylic acids is 1. The summed E-state index contributed by atoms with van der Waals surface area (Å²) in [4.78, 5) is 10.4. The van der Waals surface area contributed by atoms with E-state index in [2.05, 4.69) is 4.72 Å². The van der Waals surface area contributed by atoms with Crippen LogP contribution in [-0.4, -0.2) is 38.5 Å². The van der Waals surface area contributed by atoms with E-state index in [0.717, 1.165) is 6.42 Å². The smallest absolute Gasteiger partial charge is 0.304 e. The number of ether oxygens (including phenoxy) is 2. The molecule has 0 unspecified atom stereocenters. The fourth-order valence-electron chi connectivity index (χ4n) is 1.68. The first-order chi connectivity index (χ1) is 9.46. The highest BCUT2D eigenvalue weighted by Gasteiger charge is 2.15. The Bertz CT molecular complexity index is 598. The molecule has 2 N–H and O–H groups in total. The lowest BCUT2D eigenvalue weighted by atomic mass is 10.3. The van der Waals surface area contributed by atoms with Crippen molar-refractivity contribution in [3.05, 3.63) is 18.2 Å². The van der Waals surface area contributed by atoms with E-state index in [1.807, 2.05) is 0 Å². The molecular formula is C12H15NO6S. The summed E-state index contributed by atoms with van der Waals surface area (Å²) < 4.78 is 36.6. The van der Waals surface area contributed by atoms with E-state index in [4.69, 9.17) is 14.6 Å². The van der Waals surface area contributed by atoms with Gasteiger partial charge in [0.25, 0.3) is 0 Å². The average Bonchev–Trinajstić information content (AvgIpc) is 2.61. The van der Waals surface area contributed by atoms with E-state index in [0.29, 0.717) is 30.4 Å². The standard InChI is InChI=1S/C12H15NO6S/c14-12(15)4-7-20(16,17)13-9-2-3-10-11(8-9)19-6-1-5-18-10/h2-3,8,13H,1,4-7H2,(H,14,15). The van der Waals surface area contributed by atoms with Gasteiger partial charge in [-0.25, -0.2) is 8.42 Å². The molecule has 0 fully saturated rings. The molecule has 2 rings (SSSR count). The zero-order valence-corrected chi connectivity index (χ0v) is 11.5. The minimum absolute atomic E-state index is 0.319. The lowest BCUT2D eigenvalue weighted by molar-refractivity contribution is -0.136. The van der Waals surface area contributed by atoms with Gasteiger partial charge in [0.2, 0.25) is 10.0 Å². The predicted molar refractivity (Wildman–Crippen MR) is 71.7 cm³/mol. The Balaban J connectivity index is 2.10. The second-order valence-corrected chi connectivity index (χ2v) is 6.12. The number of rotatable bonds is 5. The van der Waals surface area contributed by atoms with Crippen LogP contribution < -0.4 is 14.2 Å². The second kappa shape index (κ2) is 6.00. The highest BCUT2D eigenvalue weighted by Crippen LogP contribution is 2.32. The number of fused-ring (bicyclic) bond motifs is 1. The summed E-state index contributed by atoms with van der Waals surface area (Å²) in [5.41, 5.74) is 0.319. The topological polar surface area (TPSA) is 102 Å². The van der Waals surface area contributed by atoms with Gasteiger partial charge in [0.15, 0.2) is 11.5 Å². The molecule has 0 aliphatic carbocycles. The molecule has 1 aliphatic rings. The van der Waals surface area contributed by atoms with Gasteiger partial charge in [-0.05, 0) is 12.1 Å². The molecule has 0 spiro atoms. The van der Waals surface area contributed by atoms with Crippen molar-refractivity contribution < 1.29 is 27.8 Å². The zero-order valence-electron chi connectivity index (χ0n) is 10.7. The molecule has 1 heterocycles. The monoisotopic (exact) mass is 301 g/mol. The number of benzene rings is 1. The van der Waals surface area contributed by atoms with E-state index in [-0.39, 0.29) is 0 Å². The van der Waals surface area contributed by atoms with Gasteiger partial charge >= 0.3 is 5.97 Å². The summed E-state index contributed by atoms with van der Waals surface area (Å²) in [6, 6.07) is 4.69. The van der Waals surface area contributed by atoms with Gasteiger partial charge in [-0.3, -0.25) is 9.52 Å². The van der Waals surface area contributed by atoms with Gasteiger partial charge in [0.05, 0.1) is 31.1 Å². The molecule has 0 saturated heterocycles. The Labute approximate surface area is 116 Å². The molecule has 8 heteroatoms. The number of carbonyl (C=O) groups is 1. The van der Waals surface area contributed by atoms with Crippen LogP contribution in [-0.2, 0) is 14.8 Å². The lowest BCUT2D eigenvalue weighted by Crippen LogP contribution is -2.18. The summed E-state index contributed by atoms with van der Waals surface area (Å²) >= 11 is 0. The van der Waals surface area contributed by atoms with E-state index in [9.17, 15) is 13.2 Å². The molecule has 0 atom stereocenters. The Morgan fingerprint density at radius 1 is 1.25 bits per heavy atom. The predicted octanol–water partition coefficient (Wildman–Crippen LogP) is 1.06. The van der Waals surface area contributed by atoms with Gasteiger partial charge in [0, 0.05) is 12.5 Å². The number of carboxylic acids is 1. The van der Waals surface area contributed by atoms with E-state index in [1.54, 1.807) is 12.1 Å². The van der Waals surface area contributed by atoms with Crippen molar-refractivity contribution in [2.24, 2.45) is 0 Å². The minimum atomic E-state index is -3.69. The minimum Gasteiger partial charge on any atom is -0.490 e. The van der Waals surface area contributed by atoms with Gasteiger partial charge in [-0.2, -0.15) is 0 Å². The molecule has 110 valence electrons. The van der Waals surface area contributed by atoms with Crippen LogP contribution in [0.15, 0.2) is 18.2 Å². The van der Waals surface area contributed by atoms with Gasteiger partial charge in [-0.1, -0.05) is 0 Å². The maximum Gasteiger partial charge on any atom is 0.304 e. The largest absolute Gasteiger partial charge is 0.490 e. The van der Waals surface area contributed by atoms with Crippen molar-refractivity contribution in [2.45, 2.75) is 12.8 Å². The SMILES string of the molecule is O=C(O)CCS(=O)(=O)Nc1ccc2c(c1)OCCCO2. The molecule has 0 aromatic heterocycles. The third kappa shape index (κ3) is 4.02. The number of sulfonamides is 1. The Morgan fingerprint density at radius 3 is 2.65 bits per heavy atom. The van der Waals surface area contributed by atoms with Crippen LogP contribution in [0.5, 0.6) is 11.5 Å². The Kier molecular flexibility index (Phi) is 4.33. The third-order valence-electron chi connectivity index (χ3n) is 2.61. The van der Waals surface area contributed by atoms with Crippen molar-refractivity contribution in [1.29, 1.82) is 0 Å². The molecule has 7 nitrogen and oxygen atoms in total. The maximum atomic E-state index is 11.7. The van der Waals surface area contributed by atoms with Crippen LogP contribution in [0.3, 0.4) is 0 Å². The molecule has 20 heavy (non-hydrogen) atoms. The number of nitrogens with one attached hydrogen (secondary N) is 1. The fraction of sp³-hybridized carbons (Fsp3) is 0.417. The number of carboxylic acid groups (broad SMARTS) is 1. The molecular weight excluding hydrogens is 286 g/mol. The summed E-state index contributed by atoms with van der Waals surface area (Å²) in [6.07, 6.45) is 0.314. The summed E-state index contributed by atoms with van der Waals surface area (Å²) in [7, 11) is -3.69. The summed E-state index contributed by atoms with van der Waals surface area (Å²) in [5.74, 6) is -0.595. The van der Waals surface area contributed by atoms with Crippen molar-refractivity contribution in [3.63, 3.8) is 0 Å². The normalized spacial score (nSPS) is 14.4. The van der Waals surface area contributed by atoms with E-state index >= 15 is 0 Å². The van der Waals surface area contributed by atoms with Crippen LogP contribution in [0.4, 0.5) is 5.69 Å². The van der Waals surface area contributed by atoms with Gasteiger partial charge in [-0.15, -0.1) is 0 Å². The van der Waals surface area contributed by atoms with Crippen molar-refractivity contribution in [1.82, 2.24) is 0 Å². The molecule has 0 bridgehead atoms. The first-order valence-corrected chi connectivity index (χ1v) is 7.73. The fourth-order valence-corrected chi connectivity index (χ4v) is 2.71. The molecule has 0 amide bonds. The van der Waals surface area contributed by atoms with E-state index < -0.39 is 28.2 Å². The first-order valence-electron chi connectivity index (χ1n) is 6.08. The van der Waals surface area contributed by atoms with E-state index in [1.165, 1.54) is 6.07 Å². The molecule has 1 aromatic carbocycles. The maximum absolute atomic E-state index is 11.7. The zero-order chi connectivity index (χ0) is 14.6. The summed E-state index contributed by atoms with van der Waals surface area (Å²) in [6.45, 7) is 1.05. The number of anilines is 1. The molecule has 0 radical (unpaired) electrons. The quantitative estimate of drug-likeness (QED) is 0.843. The number of hydrogen-bond acceptors (Lipinski definition) is 5. The van der Waals surface area contributed by atoms with Crippen LogP contribution in [0.2, 0.25) is 0 Å². The Hall–Kier alpha value is -1.96. The number of hydrogen-bond donors (Lipinski definition) is 2. The second-order valence-electron chi connectivity index (χ2n) is 4.28. The van der Waals surface area contributed by atoms with Crippen LogP contribution >= 0.6 is 0 Å². The van der Waals surface area contributed by atoms with Crippen LogP contribution in [0, 0.1) is 0 Å². The highest BCUT2D eigenvalue weighted by atomic mass is 32.2. The highest BCUT2D eigenvalue weighted by molar-refractivity contribution is 7.92. The van der Waals surface area contributed by atoms with Gasteiger partial charge < -0.3 is 14.6 Å². The Morgan fingerprint density at radius 2 is 1.95 bits per heavy atom. The molecule has 0 saturated carbocycles. The van der Waals surface area contributed by atoms with Crippen molar-refractivity contribution in [2.75, 3.05) is 23.7 Å². The van der Waals surface area contributed by atoms with Crippen molar-refractivity contribution >= 4 is 21.7 Å². The van der Waals surface area contributed by atoms with Gasteiger partial charge in [0.1, 0.15) is 0 Å².